The second kappa shape index (κ2) is 6.24. The van der Waals surface area contributed by atoms with Gasteiger partial charge in [-0.05, 0) is 38.3 Å². The van der Waals surface area contributed by atoms with E-state index in [4.69, 9.17) is 8.92 Å². The quantitative estimate of drug-likeness (QED) is 0.574. The third-order valence-electron chi connectivity index (χ3n) is 3.97. The zero-order valence-corrected chi connectivity index (χ0v) is 12.9. The number of ether oxygens (including phenoxy) is 1. The number of rotatable bonds is 7. The molecule has 1 aromatic rings. The molecule has 1 aliphatic rings. The van der Waals surface area contributed by atoms with Crippen LogP contribution in [0.2, 0.25) is 0 Å². The minimum absolute atomic E-state index is 0.222. The summed E-state index contributed by atoms with van der Waals surface area (Å²) in [6, 6.07) is 6.71. The molecule has 1 fully saturated rings. The van der Waals surface area contributed by atoms with Crippen molar-refractivity contribution >= 4 is 10.1 Å². The fraction of sp³-hybridized carbons (Fsp3) is 0.600. The Morgan fingerprint density at radius 3 is 2.40 bits per heavy atom. The molecular formula is C15H22O4S. The summed E-state index contributed by atoms with van der Waals surface area (Å²) in [5, 5.41) is 0. The van der Waals surface area contributed by atoms with Gasteiger partial charge in [-0.1, -0.05) is 24.6 Å². The summed E-state index contributed by atoms with van der Waals surface area (Å²) in [6.45, 7) is 5.87. The Kier molecular flexibility index (Phi) is 4.83. The third-order valence-corrected chi connectivity index (χ3v) is 5.29. The molecule has 0 radical (unpaired) electrons. The average Bonchev–Trinajstić information content (AvgIpc) is 2.37. The fourth-order valence-corrected chi connectivity index (χ4v) is 3.25. The molecule has 1 saturated heterocycles. The first-order chi connectivity index (χ1) is 9.47. The zero-order chi connectivity index (χ0) is 14.6. The number of aryl methyl sites for hydroxylation is 1. The molecule has 0 aromatic heterocycles. The van der Waals surface area contributed by atoms with Crippen LogP contribution < -0.4 is 0 Å². The first-order valence-electron chi connectivity index (χ1n) is 7.01. The molecule has 0 N–H and O–H groups in total. The van der Waals surface area contributed by atoms with Gasteiger partial charge >= 0.3 is 0 Å². The summed E-state index contributed by atoms with van der Waals surface area (Å²) < 4.78 is 34.3. The molecule has 1 aliphatic heterocycles. The van der Waals surface area contributed by atoms with Crippen molar-refractivity contribution in [2.45, 2.75) is 38.0 Å². The van der Waals surface area contributed by atoms with Crippen molar-refractivity contribution in [3.05, 3.63) is 29.8 Å². The van der Waals surface area contributed by atoms with Crippen LogP contribution >= 0.6 is 0 Å². The summed E-state index contributed by atoms with van der Waals surface area (Å²) in [4.78, 5) is 0.222. The van der Waals surface area contributed by atoms with Crippen LogP contribution in [0.3, 0.4) is 0 Å². The molecule has 112 valence electrons. The Morgan fingerprint density at radius 2 is 1.90 bits per heavy atom. The second-order valence-electron chi connectivity index (χ2n) is 5.54. The summed E-state index contributed by atoms with van der Waals surface area (Å²) in [5.74, 6) is 0. The van der Waals surface area contributed by atoms with Gasteiger partial charge in [0, 0.05) is 5.41 Å². The lowest BCUT2D eigenvalue weighted by atomic mass is 9.79. The molecule has 0 atom stereocenters. The highest BCUT2D eigenvalue weighted by atomic mass is 32.2. The lowest BCUT2D eigenvalue weighted by Gasteiger charge is -2.41. The summed E-state index contributed by atoms with van der Waals surface area (Å²) in [5.41, 5.74) is 1.27. The van der Waals surface area contributed by atoms with Crippen LogP contribution in [0.4, 0.5) is 0 Å². The van der Waals surface area contributed by atoms with Gasteiger partial charge in [0.05, 0.1) is 24.7 Å². The molecule has 1 aromatic carbocycles. The van der Waals surface area contributed by atoms with E-state index in [1.54, 1.807) is 24.3 Å². The predicted molar refractivity (Wildman–Crippen MR) is 77.1 cm³/mol. The molecule has 0 bridgehead atoms. The van der Waals surface area contributed by atoms with Gasteiger partial charge in [-0.3, -0.25) is 4.18 Å². The molecule has 1 heterocycles. The maximum atomic E-state index is 12.0. The van der Waals surface area contributed by atoms with E-state index in [0.717, 1.165) is 38.0 Å². The Labute approximate surface area is 121 Å². The monoisotopic (exact) mass is 298 g/mol. The zero-order valence-electron chi connectivity index (χ0n) is 12.1. The Morgan fingerprint density at radius 1 is 1.25 bits per heavy atom. The Bertz CT molecular complexity index is 524. The van der Waals surface area contributed by atoms with Crippen LogP contribution in [0.15, 0.2) is 29.2 Å². The van der Waals surface area contributed by atoms with Crippen LogP contribution in [-0.2, 0) is 19.0 Å². The fourth-order valence-electron chi connectivity index (χ4n) is 2.30. The van der Waals surface area contributed by atoms with E-state index in [2.05, 4.69) is 6.92 Å². The number of benzene rings is 1. The van der Waals surface area contributed by atoms with Crippen molar-refractivity contribution in [1.29, 1.82) is 0 Å². The maximum absolute atomic E-state index is 12.0. The molecule has 2 rings (SSSR count). The lowest BCUT2D eigenvalue weighted by molar-refractivity contribution is -0.120. The highest BCUT2D eigenvalue weighted by Crippen LogP contribution is 2.36. The van der Waals surface area contributed by atoms with Gasteiger partial charge in [0.25, 0.3) is 10.1 Å². The van der Waals surface area contributed by atoms with Crippen LogP contribution in [-0.4, -0.2) is 28.2 Å². The van der Waals surface area contributed by atoms with Crippen molar-refractivity contribution in [3.63, 3.8) is 0 Å². The molecule has 20 heavy (non-hydrogen) atoms. The SMILES string of the molecule is CCC1(CCCOS(=O)(=O)c2ccc(C)cc2)COC1. The van der Waals surface area contributed by atoms with E-state index in [0.29, 0.717) is 0 Å². The first kappa shape index (κ1) is 15.5. The first-order valence-corrected chi connectivity index (χ1v) is 8.42. The van der Waals surface area contributed by atoms with Gasteiger partial charge in [-0.2, -0.15) is 8.42 Å². The number of hydrogen-bond acceptors (Lipinski definition) is 4. The molecule has 0 spiro atoms. The Hall–Kier alpha value is -0.910. The van der Waals surface area contributed by atoms with Crippen molar-refractivity contribution in [2.75, 3.05) is 19.8 Å². The molecule has 0 unspecified atom stereocenters. The van der Waals surface area contributed by atoms with Gasteiger partial charge in [0.1, 0.15) is 0 Å². The minimum Gasteiger partial charge on any atom is -0.380 e. The smallest absolute Gasteiger partial charge is 0.296 e. The van der Waals surface area contributed by atoms with E-state index >= 15 is 0 Å². The molecular weight excluding hydrogens is 276 g/mol. The van der Waals surface area contributed by atoms with Crippen molar-refractivity contribution < 1.29 is 17.3 Å². The van der Waals surface area contributed by atoms with E-state index in [1.165, 1.54) is 0 Å². The standard InChI is InChI=1S/C15H22O4S/c1-3-15(11-18-12-15)9-4-10-19-20(16,17)14-7-5-13(2)6-8-14/h5-8H,3-4,9-12H2,1-2H3. The van der Waals surface area contributed by atoms with Crippen molar-refractivity contribution in [2.24, 2.45) is 5.41 Å². The van der Waals surface area contributed by atoms with E-state index in [9.17, 15) is 8.42 Å². The summed E-state index contributed by atoms with van der Waals surface area (Å²) in [6.07, 6.45) is 2.76. The second-order valence-corrected chi connectivity index (χ2v) is 7.15. The molecule has 0 aliphatic carbocycles. The topological polar surface area (TPSA) is 52.6 Å². The van der Waals surface area contributed by atoms with Crippen LogP contribution in [0.1, 0.15) is 31.7 Å². The van der Waals surface area contributed by atoms with E-state index < -0.39 is 10.1 Å². The summed E-state index contributed by atoms with van der Waals surface area (Å²) in [7, 11) is -3.62. The Balaban J connectivity index is 1.82. The van der Waals surface area contributed by atoms with Gasteiger partial charge < -0.3 is 4.74 Å². The lowest BCUT2D eigenvalue weighted by Crippen LogP contribution is -2.42. The van der Waals surface area contributed by atoms with Crippen LogP contribution in [0, 0.1) is 12.3 Å². The van der Waals surface area contributed by atoms with Gasteiger partial charge in [-0.15, -0.1) is 0 Å². The highest BCUT2D eigenvalue weighted by Gasteiger charge is 2.35. The van der Waals surface area contributed by atoms with Gasteiger partial charge in [0.15, 0.2) is 0 Å². The molecule has 0 saturated carbocycles. The molecule has 5 heteroatoms. The normalized spacial score (nSPS) is 17.7. The minimum atomic E-state index is -3.62. The summed E-state index contributed by atoms with van der Waals surface area (Å²) >= 11 is 0. The van der Waals surface area contributed by atoms with Crippen molar-refractivity contribution in [3.8, 4) is 0 Å². The molecule has 4 nitrogen and oxygen atoms in total. The average molecular weight is 298 g/mol. The van der Waals surface area contributed by atoms with Crippen LogP contribution in [0.25, 0.3) is 0 Å². The largest absolute Gasteiger partial charge is 0.380 e. The van der Waals surface area contributed by atoms with Crippen LogP contribution in [0.5, 0.6) is 0 Å². The van der Waals surface area contributed by atoms with Crippen molar-refractivity contribution in [1.82, 2.24) is 0 Å². The van der Waals surface area contributed by atoms with Gasteiger partial charge in [0.2, 0.25) is 0 Å². The molecule has 0 amide bonds. The van der Waals surface area contributed by atoms with E-state index in [-0.39, 0.29) is 16.9 Å². The number of hydrogen-bond donors (Lipinski definition) is 0. The maximum Gasteiger partial charge on any atom is 0.296 e. The van der Waals surface area contributed by atoms with E-state index in [1.807, 2.05) is 6.92 Å². The third kappa shape index (κ3) is 3.59. The van der Waals surface area contributed by atoms with Gasteiger partial charge in [-0.25, -0.2) is 0 Å². The highest BCUT2D eigenvalue weighted by molar-refractivity contribution is 7.86. The predicted octanol–water partition coefficient (Wildman–Crippen LogP) is 2.91.